The number of nitrogens with zero attached hydrogens (tertiary/aromatic N) is 3. The van der Waals surface area contributed by atoms with Crippen molar-refractivity contribution in [1.29, 1.82) is 0 Å². The normalized spacial score (nSPS) is 22.3. The molecular formula is C26H34F3N5O2. The van der Waals surface area contributed by atoms with E-state index in [-0.39, 0.29) is 12.6 Å². The highest BCUT2D eigenvalue weighted by Crippen LogP contribution is 2.32. The number of alkyl halides is 3. The van der Waals surface area contributed by atoms with Crippen molar-refractivity contribution in [3.05, 3.63) is 46.2 Å². The summed E-state index contributed by atoms with van der Waals surface area (Å²) in [5.41, 5.74) is 2.27. The van der Waals surface area contributed by atoms with E-state index in [9.17, 15) is 18.0 Å². The molecule has 4 heterocycles. The summed E-state index contributed by atoms with van der Waals surface area (Å²) in [6.45, 7) is 6.17. The van der Waals surface area contributed by atoms with Crippen LogP contribution in [0.15, 0.2) is 34.5 Å². The first-order valence-electron chi connectivity index (χ1n) is 12.9. The monoisotopic (exact) mass is 505 g/mol. The number of amidine groups is 1. The van der Waals surface area contributed by atoms with Gasteiger partial charge in [0.1, 0.15) is 18.2 Å². The zero-order valence-corrected chi connectivity index (χ0v) is 20.7. The van der Waals surface area contributed by atoms with E-state index in [4.69, 9.17) is 4.74 Å². The van der Waals surface area contributed by atoms with Crippen molar-refractivity contribution in [2.75, 3.05) is 39.5 Å². The van der Waals surface area contributed by atoms with Crippen LogP contribution in [0.1, 0.15) is 49.3 Å². The van der Waals surface area contributed by atoms with Crippen molar-refractivity contribution in [1.82, 2.24) is 20.4 Å². The second-order valence-electron chi connectivity index (χ2n) is 10.1. The topological polar surface area (TPSA) is 69.2 Å². The number of likely N-dealkylation sites (tertiary alicyclic amines) is 1. The maximum absolute atomic E-state index is 13.4. The third kappa shape index (κ3) is 5.39. The number of fused-ring (bicyclic) bond motifs is 1. The van der Waals surface area contributed by atoms with Crippen LogP contribution in [0.4, 0.5) is 13.2 Å². The molecule has 1 aromatic carbocycles. The molecular weight excluding hydrogens is 471 g/mol. The molecule has 4 aliphatic rings. The molecule has 10 heteroatoms. The number of hydrogen-bond donors (Lipinski definition) is 2. The molecule has 0 radical (unpaired) electrons. The van der Waals surface area contributed by atoms with Crippen molar-refractivity contribution < 1.29 is 22.7 Å². The Balaban J connectivity index is 1.23. The quantitative estimate of drug-likeness (QED) is 0.661. The van der Waals surface area contributed by atoms with Gasteiger partial charge in [0.05, 0.1) is 5.56 Å². The van der Waals surface area contributed by atoms with Crippen LogP contribution in [0.5, 0.6) is 0 Å². The Labute approximate surface area is 209 Å². The summed E-state index contributed by atoms with van der Waals surface area (Å²) in [5, 5.41) is 6.89. The van der Waals surface area contributed by atoms with Crippen LogP contribution in [0.2, 0.25) is 0 Å². The number of rotatable bonds is 3. The first-order valence-corrected chi connectivity index (χ1v) is 12.9. The largest absolute Gasteiger partial charge is 0.416 e. The number of benzene rings is 1. The maximum atomic E-state index is 13.4. The lowest BCUT2D eigenvalue weighted by Crippen LogP contribution is -2.50. The predicted octanol–water partition coefficient (Wildman–Crippen LogP) is 3.06. The molecule has 0 atom stereocenters. The van der Waals surface area contributed by atoms with Gasteiger partial charge in [-0.25, -0.2) is 4.99 Å². The number of carbonyl (C=O) groups excluding carboxylic acids is 1. The molecule has 4 aliphatic heterocycles. The first-order chi connectivity index (χ1) is 17.3. The third-order valence-corrected chi connectivity index (χ3v) is 7.73. The van der Waals surface area contributed by atoms with Crippen LogP contribution in [0.25, 0.3) is 0 Å². The van der Waals surface area contributed by atoms with E-state index in [1.807, 2.05) is 16.7 Å². The predicted molar refractivity (Wildman–Crippen MR) is 130 cm³/mol. The van der Waals surface area contributed by atoms with Crippen LogP contribution in [-0.2, 0) is 28.7 Å². The molecule has 196 valence electrons. The van der Waals surface area contributed by atoms with Crippen molar-refractivity contribution in [2.45, 2.75) is 63.8 Å². The molecule has 0 aliphatic carbocycles. The fraction of sp³-hybridized carbons (Fsp3) is 0.615. The Kier molecular flexibility index (Phi) is 7.25. The molecule has 0 saturated carbocycles. The molecule has 1 amide bonds. The molecule has 2 saturated heterocycles. The van der Waals surface area contributed by atoms with Gasteiger partial charge in [0.15, 0.2) is 0 Å². The van der Waals surface area contributed by atoms with E-state index in [0.717, 1.165) is 56.1 Å². The van der Waals surface area contributed by atoms with Gasteiger partial charge in [-0.1, -0.05) is 6.07 Å². The Morgan fingerprint density at radius 3 is 2.53 bits per heavy atom. The summed E-state index contributed by atoms with van der Waals surface area (Å²) in [6.07, 6.45) is 0.185. The van der Waals surface area contributed by atoms with Gasteiger partial charge in [0, 0.05) is 57.0 Å². The molecule has 0 bridgehead atoms. The third-order valence-electron chi connectivity index (χ3n) is 7.73. The Morgan fingerprint density at radius 2 is 1.81 bits per heavy atom. The van der Waals surface area contributed by atoms with Crippen LogP contribution >= 0.6 is 0 Å². The molecule has 0 aromatic heterocycles. The number of amides is 1. The number of halogens is 3. The lowest BCUT2D eigenvalue weighted by molar-refractivity contribution is -0.137. The van der Waals surface area contributed by atoms with E-state index in [2.05, 4.69) is 15.6 Å². The fourth-order valence-electron chi connectivity index (χ4n) is 5.65. The smallest absolute Gasteiger partial charge is 0.381 e. The molecule has 5 rings (SSSR count). The molecule has 36 heavy (non-hydrogen) atoms. The van der Waals surface area contributed by atoms with Crippen LogP contribution in [-0.4, -0.2) is 73.1 Å². The standard InChI is InChI=1S/C26H34F3N5O2/c1-17-23(25(35)33-10-5-21(6-11-33)32-22-7-12-36-13-8-22)30-16-31-24(17)34-9-4-18-2-3-20(26(27,28)29)14-19(18)15-34/h2-3,14,21-22,30,32H,4-13,15-16H2,1H3. The van der Waals surface area contributed by atoms with Crippen molar-refractivity contribution in [3.63, 3.8) is 0 Å². The SMILES string of the molecule is CC1=C(C(=O)N2CCC(NC3CCOCC3)CC2)NCN=C1N1CCc2ccc(C(F)(F)F)cc2C1. The highest BCUT2D eigenvalue weighted by Gasteiger charge is 2.33. The van der Waals surface area contributed by atoms with Gasteiger partial charge in [0.25, 0.3) is 5.91 Å². The Hall–Kier alpha value is -2.59. The summed E-state index contributed by atoms with van der Waals surface area (Å²) in [5.74, 6) is 0.664. The summed E-state index contributed by atoms with van der Waals surface area (Å²) in [4.78, 5) is 21.9. The number of piperidine rings is 1. The van der Waals surface area contributed by atoms with Crippen molar-refractivity contribution in [2.24, 2.45) is 4.99 Å². The zero-order valence-electron chi connectivity index (χ0n) is 20.7. The van der Waals surface area contributed by atoms with Gasteiger partial charge in [0.2, 0.25) is 0 Å². The molecule has 1 aromatic rings. The average molecular weight is 506 g/mol. The number of ether oxygens (including phenoxy) is 1. The Bertz CT molecular complexity index is 1040. The summed E-state index contributed by atoms with van der Waals surface area (Å²) >= 11 is 0. The van der Waals surface area contributed by atoms with Gasteiger partial charge in [-0.2, -0.15) is 13.2 Å². The van der Waals surface area contributed by atoms with E-state index in [0.29, 0.717) is 61.8 Å². The second kappa shape index (κ2) is 10.4. The Morgan fingerprint density at radius 1 is 1.08 bits per heavy atom. The molecule has 7 nitrogen and oxygen atoms in total. The van der Waals surface area contributed by atoms with E-state index in [1.54, 1.807) is 6.07 Å². The van der Waals surface area contributed by atoms with Gasteiger partial charge in [-0.05, 0) is 62.3 Å². The highest BCUT2D eigenvalue weighted by molar-refractivity contribution is 6.07. The lowest BCUT2D eigenvalue weighted by Gasteiger charge is -2.37. The number of hydrogen-bond acceptors (Lipinski definition) is 6. The zero-order chi connectivity index (χ0) is 25.3. The van der Waals surface area contributed by atoms with Gasteiger partial charge >= 0.3 is 6.18 Å². The number of carbonyl (C=O) groups is 1. The summed E-state index contributed by atoms with van der Waals surface area (Å²) in [6, 6.07) is 4.89. The van der Waals surface area contributed by atoms with Crippen molar-refractivity contribution in [3.8, 4) is 0 Å². The van der Waals surface area contributed by atoms with E-state index >= 15 is 0 Å². The lowest BCUT2D eigenvalue weighted by atomic mass is 9.96. The highest BCUT2D eigenvalue weighted by atomic mass is 19.4. The van der Waals surface area contributed by atoms with Gasteiger partial charge < -0.3 is 25.2 Å². The molecule has 2 N–H and O–H groups in total. The van der Waals surface area contributed by atoms with E-state index < -0.39 is 11.7 Å². The van der Waals surface area contributed by atoms with Gasteiger partial charge in [-0.3, -0.25) is 4.79 Å². The number of nitrogens with one attached hydrogen (secondary N) is 2. The number of aliphatic imine (C=N–C) groups is 1. The average Bonchev–Trinajstić information content (AvgIpc) is 2.88. The minimum atomic E-state index is -4.37. The molecule has 0 unspecified atom stereocenters. The van der Waals surface area contributed by atoms with Crippen LogP contribution in [0, 0.1) is 0 Å². The van der Waals surface area contributed by atoms with Crippen molar-refractivity contribution >= 4 is 11.7 Å². The minimum absolute atomic E-state index is 0.0267. The molecule has 2 fully saturated rings. The fourth-order valence-corrected chi connectivity index (χ4v) is 5.65. The van der Waals surface area contributed by atoms with Crippen LogP contribution < -0.4 is 10.6 Å². The van der Waals surface area contributed by atoms with Crippen LogP contribution in [0.3, 0.4) is 0 Å². The summed E-state index contributed by atoms with van der Waals surface area (Å²) < 4.78 is 45.1. The molecule has 0 spiro atoms. The maximum Gasteiger partial charge on any atom is 0.416 e. The minimum Gasteiger partial charge on any atom is -0.381 e. The van der Waals surface area contributed by atoms with E-state index in [1.165, 1.54) is 6.07 Å². The van der Waals surface area contributed by atoms with Gasteiger partial charge in [-0.15, -0.1) is 0 Å². The second-order valence-corrected chi connectivity index (χ2v) is 10.1. The summed E-state index contributed by atoms with van der Waals surface area (Å²) in [7, 11) is 0. The first kappa shape index (κ1) is 25.1.